The van der Waals surface area contributed by atoms with Crippen molar-refractivity contribution in [2.45, 2.75) is 39.2 Å². The summed E-state index contributed by atoms with van der Waals surface area (Å²) < 4.78 is 0. The molecule has 0 fully saturated rings. The van der Waals surface area contributed by atoms with Gasteiger partial charge in [-0.25, -0.2) is 0 Å². The van der Waals surface area contributed by atoms with Crippen LogP contribution < -0.4 is 10.6 Å². The summed E-state index contributed by atoms with van der Waals surface area (Å²) in [5, 5.41) is 6.35. The summed E-state index contributed by atoms with van der Waals surface area (Å²) in [6, 6.07) is 7.88. The van der Waals surface area contributed by atoms with Crippen molar-refractivity contribution in [2.75, 3.05) is 11.9 Å². The molecule has 0 bridgehead atoms. The number of hydrogen-bond donors (Lipinski definition) is 2. The molecule has 0 saturated heterocycles. The second-order valence-electron chi connectivity index (χ2n) is 5.74. The van der Waals surface area contributed by atoms with E-state index in [0.717, 1.165) is 18.2 Å². The third-order valence-electron chi connectivity index (χ3n) is 3.54. The molecule has 3 nitrogen and oxygen atoms in total. The summed E-state index contributed by atoms with van der Waals surface area (Å²) in [5.41, 5.74) is 1.80. The van der Waals surface area contributed by atoms with Crippen LogP contribution in [0.1, 0.15) is 43.5 Å². The minimum Gasteiger partial charge on any atom is -0.385 e. The summed E-state index contributed by atoms with van der Waals surface area (Å²) in [5.74, 6) is 0.716. The second-order valence-corrected chi connectivity index (χ2v) is 5.74. The van der Waals surface area contributed by atoms with E-state index >= 15 is 0 Å². The molecule has 1 aliphatic rings. The molecule has 1 amide bonds. The number of hydrogen-bond acceptors (Lipinski definition) is 2. The molecule has 2 N–H and O–H groups in total. The van der Waals surface area contributed by atoms with Crippen LogP contribution in [0.2, 0.25) is 0 Å². The molecule has 20 heavy (non-hydrogen) atoms. The molecule has 2 rings (SSSR count). The van der Waals surface area contributed by atoms with E-state index in [2.05, 4.69) is 22.8 Å². The summed E-state index contributed by atoms with van der Waals surface area (Å²) >= 11 is 0. The van der Waals surface area contributed by atoms with Crippen molar-refractivity contribution in [1.82, 2.24) is 5.32 Å². The first-order valence-electron chi connectivity index (χ1n) is 7.45. The molecule has 1 unspecified atom stereocenters. The highest BCUT2D eigenvalue weighted by Gasteiger charge is 2.10. The van der Waals surface area contributed by atoms with Gasteiger partial charge in [0.05, 0.1) is 0 Å². The van der Waals surface area contributed by atoms with E-state index in [1.54, 1.807) is 0 Å². The molecule has 0 aliphatic heterocycles. The van der Waals surface area contributed by atoms with Crippen LogP contribution in [0.3, 0.4) is 0 Å². The van der Waals surface area contributed by atoms with Gasteiger partial charge in [-0.1, -0.05) is 12.2 Å². The summed E-state index contributed by atoms with van der Waals surface area (Å²) in [6.07, 6.45) is 8.16. The van der Waals surface area contributed by atoms with Crippen LogP contribution in [-0.2, 0) is 0 Å². The van der Waals surface area contributed by atoms with Crippen molar-refractivity contribution in [3.05, 3.63) is 42.0 Å². The fraction of sp³-hybridized carbons (Fsp3) is 0.471. The van der Waals surface area contributed by atoms with Gasteiger partial charge >= 0.3 is 0 Å². The average molecular weight is 272 g/mol. The van der Waals surface area contributed by atoms with Gasteiger partial charge in [-0.05, 0) is 63.3 Å². The molecular formula is C17H24N2O. The van der Waals surface area contributed by atoms with E-state index in [4.69, 9.17) is 0 Å². The molecule has 0 saturated carbocycles. The maximum Gasteiger partial charge on any atom is 0.251 e. The molecule has 1 atom stereocenters. The molecule has 3 heteroatoms. The maximum atomic E-state index is 11.8. The number of benzene rings is 1. The van der Waals surface area contributed by atoms with Gasteiger partial charge in [-0.15, -0.1) is 0 Å². The van der Waals surface area contributed by atoms with Gasteiger partial charge in [-0.2, -0.15) is 0 Å². The highest BCUT2D eigenvalue weighted by molar-refractivity contribution is 5.94. The summed E-state index contributed by atoms with van der Waals surface area (Å²) in [7, 11) is 0. The average Bonchev–Trinajstić information content (AvgIpc) is 2.46. The first-order chi connectivity index (χ1) is 9.65. The van der Waals surface area contributed by atoms with Crippen LogP contribution in [0.25, 0.3) is 0 Å². The Morgan fingerprint density at radius 1 is 1.25 bits per heavy atom. The molecule has 0 aromatic heterocycles. The topological polar surface area (TPSA) is 41.1 Å². The SMILES string of the molecule is CC(C)NC(=O)c1ccc(NCC2CC=CCC2)cc1. The van der Waals surface area contributed by atoms with Crippen LogP contribution in [0.4, 0.5) is 5.69 Å². The van der Waals surface area contributed by atoms with Crippen molar-refractivity contribution in [1.29, 1.82) is 0 Å². The van der Waals surface area contributed by atoms with E-state index < -0.39 is 0 Å². The van der Waals surface area contributed by atoms with Crippen molar-refractivity contribution in [3.63, 3.8) is 0 Å². The van der Waals surface area contributed by atoms with Crippen molar-refractivity contribution in [3.8, 4) is 0 Å². The second kappa shape index (κ2) is 7.13. The number of carbonyl (C=O) groups excluding carboxylic acids is 1. The van der Waals surface area contributed by atoms with Gasteiger partial charge in [0.1, 0.15) is 0 Å². The van der Waals surface area contributed by atoms with Gasteiger partial charge in [0.25, 0.3) is 5.91 Å². The Balaban J connectivity index is 1.84. The number of rotatable bonds is 5. The third kappa shape index (κ3) is 4.41. The molecule has 0 heterocycles. The lowest BCUT2D eigenvalue weighted by molar-refractivity contribution is 0.0943. The predicted octanol–water partition coefficient (Wildman–Crippen LogP) is 3.59. The van der Waals surface area contributed by atoms with E-state index in [0.29, 0.717) is 5.56 Å². The van der Waals surface area contributed by atoms with Gasteiger partial charge in [-0.3, -0.25) is 4.79 Å². The lowest BCUT2D eigenvalue weighted by Crippen LogP contribution is -2.29. The fourth-order valence-corrected chi connectivity index (χ4v) is 2.39. The van der Waals surface area contributed by atoms with E-state index in [9.17, 15) is 4.79 Å². The number of amides is 1. The van der Waals surface area contributed by atoms with Crippen molar-refractivity contribution >= 4 is 11.6 Å². The van der Waals surface area contributed by atoms with Gasteiger partial charge in [0.15, 0.2) is 0 Å². The maximum absolute atomic E-state index is 11.8. The molecular weight excluding hydrogens is 248 g/mol. The zero-order valence-electron chi connectivity index (χ0n) is 12.4. The molecule has 0 spiro atoms. The third-order valence-corrected chi connectivity index (χ3v) is 3.54. The summed E-state index contributed by atoms with van der Waals surface area (Å²) in [4.78, 5) is 11.8. The predicted molar refractivity (Wildman–Crippen MR) is 84.0 cm³/mol. The first-order valence-corrected chi connectivity index (χ1v) is 7.45. The molecule has 1 aliphatic carbocycles. The smallest absolute Gasteiger partial charge is 0.251 e. The van der Waals surface area contributed by atoms with Crippen LogP contribution in [0, 0.1) is 5.92 Å². The fourth-order valence-electron chi connectivity index (χ4n) is 2.39. The highest BCUT2D eigenvalue weighted by atomic mass is 16.1. The standard InChI is InChI=1S/C17H24N2O/c1-13(2)19-17(20)15-8-10-16(11-9-15)18-12-14-6-4-3-5-7-14/h3-4,8-11,13-14,18H,5-7,12H2,1-2H3,(H,19,20). The lowest BCUT2D eigenvalue weighted by Gasteiger charge is -2.19. The Hall–Kier alpha value is -1.77. The monoisotopic (exact) mass is 272 g/mol. The van der Waals surface area contributed by atoms with E-state index in [1.165, 1.54) is 19.3 Å². The number of nitrogens with one attached hydrogen (secondary N) is 2. The Kier molecular flexibility index (Phi) is 5.22. The minimum atomic E-state index is -0.0102. The van der Waals surface area contributed by atoms with Crippen molar-refractivity contribution in [2.24, 2.45) is 5.92 Å². The van der Waals surface area contributed by atoms with Crippen LogP contribution >= 0.6 is 0 Å². The van der Waals surface area contributed by atoms with Crippen LogP contribution in [0.15, 0.2) is 36.4 Å². The number of anilines is 1. The van der Waals surface area contributed by atoms with Gasteiger partial charge in [0.2, 0.25) is 0 Å². The largest absolute Gasteiger partial charge is 0.385 e. The van der Waals surface area contributed by atoms with E-state index in [1.807, 2.05) is 38.1 Å². The lowest BCUT2D eigenvalue weighted by atomic mass is 9.94. The normalized spacial score (nSPS) is 18.1. The Morgan fingerprint density at radius 2 is 2.00 bits per heavy atom. The molecule has 1 aromatic carbocycles. The van der Waals surface area contributed by atoms with Gasteiger partial charge < -0.3 is 10.6 Å². The van der Waals surface area contributed by atoms with Crippen LogP contribution in [0.5, 0.6) is 0 Å². The zero-order valence-corrected chi connectivity index (χ0v) is 12.4. The molecule has 108 valence electrons. The highest BCUT2D eigenvalue weighted by Crippen LogP contribution is 2.19. The summed E-state index contributed by atoms with van der Waals surface area (Å²) in [6.45, 7) is 4.93. The first kappa shape index (κ1) is 14.6. The Bertz CT molecular complexity index is 462. The zero-order chi connectivity index (χ0) is 14.4. The van der Waals surface area contributed by atoms with Crippen molar-refractivity contribution < 1.29 is 4.79 Å². The van der Waals surface area contributed by atoms with Gasteiger partial charge in [0, 0.05) is 23.8 Å². The molecule has 0 radical (unpaired) electrons. The minimum absolute atomic E-state index is 0.0102. The Labute approximate surface area is 121 Å². The number of allylic oxidation sites excluding steroid dienone is 2. The van der Waals surface area contributed by atoms with Crippen LogP contribution in [-0.4, -0.2) is 18.5 Å². The number of carbonyl (C=O) groups is 1. The van der Waals surface area contributed by atoms with E-state index in [-0.39, 0.29) is 11.9 Å². The molecule has 1 aromatic rings. The quantitative estimate of drug-likeness (QED) is 0.804. The Morgan fingerprint density at radius 3 is 2.60 bits per heavy atom.